The Bertz CT molecular complexity index is 928. The van der Waals surface area contributed by atoms with Crippen LogP contribution in [0.3, 0.4) is 0 Å². The SMILES string of the molecule is O=c1[nH]c(-c2ccccc2Cl)nc2sc3c(c12)CCCCCC3. The van der Waals surface area contributed by atoms with Crippen molar-refractivity contribution in [2.75, 3.05) is 0 Å². The molecule has 23 heavy (non-hydrogen) atoms. The van der Waals surface area contributed by atoms with E-state index in [2.05, 4.69) is 4.98 Å². The molecule has 4 rings (SSSR count). The second kappa shape index (κ2) is 6.10. The maximum atomic E-state index is 12.7. The summed E-state index contributed by atoms with van der Waals surface area (Å²) in [5.41, 5.74) is 1.96. The van der Waals surface area contributed by atoms with Gasteiger partial charge in [0.1, 0.15) is 10.7 Å². The molecule has 118 valence electrons. The van der Waals surface area contributed by atoms with Gasteiger partial charge in [-0.05, 0) is 43.4 Å². The number of benzene rings is 1. The summed E-state index contributed by atoms with van der Waals surface area (Å²) in [5, 5.41) is 1.40. The summed E-state index contributed by atoms with van der Waals surface area (Å²) in [6.45, 7) is 0. The third kappa shape index (κ3) is 2.70. The van der Waals surface area contributed by atoms with Gasteiger partial charge in [-0.15, -0.1) is 11.3 Å². The summed E-state index contributed by atoms with van der Waals surface area (Å²) < 4.78 is 0. The first-order valence-corrected chi connectivity index (χ1v) is 9.23. The van der Waals surface area contributed by atoms with Crippen LogP contribution >= 0.6 is 22.9 Å². The molecule has 3 aromatic rings. The first-order valence-electron chi connectivity index (χ1n) is 8.03. The molecule has 1 aliphatic rings. The minimum Gasteiger partial charge on any atom is -0.306 e. The highest BCUT2D eigenvalue weighted by Gasteiger charge is 2.19. The Morgan fingerprint density at radius 3 is 2.70 bits per heavy atom. The van der Waals surface area contributed by atoms with E-state index in [4.69, 9.17) is 16.6 Å². The molecule has 0 bridgehead atoms. The fourth-order valence-electron chi connectivity index (χ4n) is 3.30. The van der Waals surface area contributed by atoms with E-state index in [1.807, 2.05) is 24.3 Å². The molecular formula is C18H17ClN2OS. The van der Waals surface area contributed by atoms with Gasteiger partial charge in [0.05, 0.1) is 10.4 Å². The summed E-state index contributed by atoms with van der Waals surface area (Å²) in [6, 6.07) is 7.48. The van der Waals surface area contributed by atoms with E-state index in [1.54, 1.807) is 11.3 Å². The number of hydrogen-bond donors (Lipinski definition) is 1. The minimum absolute atomic E-state index is 0.0389. The average Bonchev–Trinajstić information content (AvgIpc) is 2.85. The largest absolute Gasteiger partial charge is 0.306 e. The molecule has 2 aromatic heterocycles. The third-order valence-corrected chi connectivity index (χ3v) is 5.97. The Morgan fingerprint density at radius 2 is 1.87 bits per heavy atom. The lowest BCUT2D eigenvalue weighted by molar-refractivity contribution is 0.623. The lowest BCUT2D eigenvalue weighted by Crippen LogP contribution is -2.10. The van der Waals surface area contributed by atoms with Gasteiger partial charge in [-0.25, -0.2) is 4.98 Å². The van der Waals surface area contributed by atoms with Gasteiger partial charge in [0.25, 0.3) is 5.56 Å². The number of fused-ring (bicyclic) bond motifs is 3. The number of rotatable bonds is 1. The summed E-state index contributed by atoms with van der Waals surface area (Å²) in [7, 11) is 0. The van der Waals surface area contributed by atoms with Crippen molar-refractivity contribution >= 4 is 33.2 Å². The molecule has 0 radical (unpaired) electrons. The van der Waals surface area contributed by atoms with Gasteiger partial charge in [-0.1, -0.05) is 36.6 Å². The third-order valence-electron chi connectivity index (χ3n) is 4.45. The summed E-state index contributed by atoms with van der Waals surface area (Å²) in [6.07, 6.45) is 6.95. The Kier molecular flexibility index (Phi) is 3.95. The van der Waals surface area contributed by atoms with E-state index >= 15 is 0 Å². The molecule has 0 spiro atoms. The normalized spacial score (nSPS) is 15.2. The molecule has 2 heterocycles. The molecule has 0 aliphatic heterocycles. The zero-order valence-electron chi connectivity index (χ0n) is 12.7. The number of aromatic nitrogens is 2. The molecule has 0 amide bonds. The quantitative estimate of drug-likeness (QED) is 0.677. The lowest BCUT2D eigenvalue weighted by Gasteiger charge is -2.08. The van der Waals surface area contributed by atoms with Crippen molar-refractivity contribution in [3.05, 3.63) is 50.1 Å². The number of H-pyrrole nitrogens is 1. The Labute approximate surface area is 143 Å². The molecule has 0 saturated heterocycles. The predicted molar refractivity (Wildman–Crippen MR) is 96.6 cm³/mol. The smallest absolute Gasteiger partial charge is 0.260 e. The van der Waals surface area contributed by atoms with Crippen LogP contribution in [0.2, 0.25) is 5.02 Å². The molecule has 0 unspecified atom stereocenters. The molecular weight excluding hydrogens is 328 g/mol. The van der Waals surface area contributed by atoms with E-state index in [0.717, 1.165) is 35.0 Å². The van der Waals surface area contributed by atoms with Crippen LogP contribution in [-0.2, 0) is 12.8 Å². The zero-order chi connectivity index (χ0) is 15.8. The molecule has 1 N–H and O–H groups in total. The number of nitrogens with zero attached hydrogens (tertiary/aromatic N) is 1. The van der Waals surface area contributed by atoms with E-state index in [-0.39, 0.29) is 5.56 Å². The van der Waals surface area contributed by atoms with Gasteiger partial charge in [-0.2, -0.15) is 0 Å². The lowest BCUT2D eigenvalue weighted by atomic mass is 9.98. The fraction of sp³-hybridized carbons (Fsp3) is 0.333. The highest BCUT2D eigenvalue weighted by molar-refractivity contribution is 7.18. The van der Waals surface area contributed by atoms with Crippen LogP contribution in [0.15, 0.2) is 29.1 Å². The number of hydrogen-bond acceptors (Lipinski definition) is 3. The van der Waals surface area contributed by atoms with Gasteiger partial charge < -0.3 is 4.98 Å². The van der Waals surface area contributed by atoms with Crippen molar-refractivity contribution in [3.63, 3.8) is 0 Å². The van der Waals surface area contributed by atoms with Gasteiger partial charge in [0.15, 0.2) is 0 Å². The number of thiophene rings is 1. The first-order chi connectivity index (χ1) is 11.2. The zero-order valence-corrected chi connectivity index (χ0v) is 14.3. The first kappa shape index (κ1) is 14.9. The fourth-order valence-corrected chi connectivity index (χ4v) is 4.79. The molecule has 1 aliphatic carbocycles. The topological polar surface area (TPSA) is 45.8 Å². The van der Waals surface area contributed by atoms with Gasteiger partial charge in [-0.3, -0.25) is 4.79 Å². The maximum absolute atomic E-state index is 12.7. The van der Waals surface area contributed by atoms with Gasteiger partial charge in [0.2, 0.25) is 0 Å². The van der Waals surface area contributed by atoms with E-state index in [1.165, 1.54) is 29.7 Å². The van der Waals surface area contributed by atoms with Crippen LogP contribution in [0.4, 0.5) is 0 Å². The van der Waals surface area contributed by atoms with E-state index < -0.39 is 0 Å². The highest BCUT2D eigenvalue weighted by Crippen LogP contribution is 2.33. The molecule has 0 fully saturated rings. The van der Waals surface area contributed by atoms with Crippen molar-refractivity contribution in [2.45, 2.75) is 38.5 Å². The van der Waals surface area contributed by atoms with E-state index in [0.29, 0.717) is 10.8 Å². The average molecular weight is 345 g/mol. The summed E-state index contributed by atoms with van der Waals surface area (Å²) >= 11 is 7.92. The second-order valence-electron chi connectivity index (χ2n) is 5.99. The molecule has 0 atom stereocenters. The van der Waals surface area contributed by atoms with Crippen LogP contribution < -0.4 is 5.56 Å². The van der Waals surface area contributed by atoms with Crippen LogP contribution in [0.25, 0.3) is 21.6 Å². The van der Waals surface area contributed by atoms with Gasteiger partial charge >= 0.3 is 0 Å². The van der Waals surface area contributed by atoms with Crippen LogP contribution in [-0.4, -0.2) is 9.97 Å². The highest BCUT2D eigenvalue weighted by atomic mass is 35.5. The number of nitrogens with one attached hydrogen (secondary N) is 1. The molecule has 0 saturated carbocycles. The number of aryl methyl sites for hydroxylation is 2. The van der Waals surface area contributed by atoms with Gasteiger partial charge in [0, 0.05) is 10.4 Å². The molecule has 3 nitrogen and oxygen atoms in total. The summed E-state index contributed by atoms with van der Waals surface area (Å²) in [4.78, 5) is 22.5. The van der Waals surface area contributed by atoms with E-state index in [9.17, 15) is 4.79 Å². The Morgan fingerprint density at radius 1 is 1.09 bits per heavy atom. The Hall–Kier alpha value is -1.65. The standard InChI is InChI=1S/C18H17ClN2OS/c19-13-9-6-5-7-11(13)16-20-17(22)15-12-8-3-1-2-4-10-14(12)23-18(15)21-16/h5-7,9H,1-4,8,10H2,(H,20,21,22). The second-order valence-corrected chi connectivity index (χ2v) is 7.48. The van der Waals surface area contributed by atoms with Crippen LogP contribution in [0.5, 0.6) is 0 Å². The number of halogens is 1. The Balaban J connectivity index is 1.92. The predicted octanol–water partition coefficient (Wildman–Crippen LogP) is 4.96. The van der Waals surface area contributed by atoms with Crippen molar-refractivity contribution in [1.29, 1.82) is 0 Å². The maximum Gasteiger partial charge on any atom is 0.260 e. The minimum atomic E-state index is -0.0389. The van der Waals surface area contributed by atoms with Crippen molar-refractivity contribution in [2.24, 2.45) is 0 Å². The monoisotopic (exact) mass is 344 g/mol. The van der Waals surface area contributed by atoms with Crippen LogP contribution in [0, 0.1) is 0 Å². The summed E-state index contributed by atoms with van der Waals surface area (Å²) in [5.74, 6) is 0.558. The van der Waals surface area contributed by atoms with Crippen molar-refractivity contribution in [3.8, 4) is 11.4 Å². The van der Waals surface area contributed by atoms with Crippen LogP contribution in [0.1, 0.15) is 36.1 Å². The molecule has 5 heteroatoms. The van der Waals surface area contributed by atoms with Crippen molar-refractivity contribution < 1.29 is 0 Å². The van der Waals surface area contributed by atoms with Crippen molar-refractivity contribution in [1.82, 2.24) is 9.97 Å². The molecule has 1 aromatic carbocycles. The number of aromatic amines is 1.